The number of halogens is 3. The molecule has 3 N–H and O–H groups in total. The van der Waals surface area contributed by atoms with E-state index in [1.807, 2.05) is 0 Å². The number of nitrogens with one attached hydrogen (secondary N) is 1. The number of benzene rings is 4. The SMILES string of the molecule is NCCOc1ccc(C(=O)Nc2cccc(-c3ccc(F)c(F)c3)c2)cc1-c1ccc(F)cc1. The quantitative estimate of drug-likeness (QED) is 0.353. The molecule has 0 atom stereocenters. The summed E-state index contributed by atoms with van der Waals surface area (Å²) in [6, 6.07) is 21.3. The van der Waals surface area contributed by atoms with Gasteiger partial charge in [-0.2, -0.15) is 0 Å². The third-order valence-electron chi connectivity index (χ3n) is 5.15. The van der Waals surface area contributed by atoms with Crippen LogP contribution in [-0.4, -0.2) is 19.1 Å². The van der Waals surface area contributed by atoms with E-state index in [4.69, 9.17) is 10.5 Å². The average Bonchev–Trinajstić information content (AvgIpc) is 2.85. The standard InChI is InChI=1S/C27H21F3N2O2/c28-21-8-4-17(5-9-21)23-15-20(7-11-26(23)34-13-12-31)27(33)32-22-3-1-2-18(14-22)19-6-10-24(29)25(30)16-19/h1-11,14-16H,12-13,31H2,(H,32,33). The highest BCUT2D eigenvalue weighted by molar-refractivity contribution is 6.05. The summed E-state index contributed by atoms with van der Waals surface area (Å²) in [5.41, 5.74) is 8.79. The number of hydrogen-bond acceptors (Lipinski definition) is 3. The van der Waals surface area contributed by atoms with Crippen LogP contribution in [0.5, 0.6) is 5.75 Å². The second-order valence-electron chi connectivity index (χ2n) is 7.52. The molecule has 1 amide bonds. The summed E-state index contributed by atoms with van der Waals surface area (Å²) >= 11 is 0. The third-order valence-corrected chi connectivity index (χ3v) is 5.15. The highest BCUT2D eigenvalue weighted by Crippen LogP contribution is 2.32. The Hall–Kier alpha value is -4.10. The lowest BCUT2D eigenvalue weighted by atomic mass is 10.0. The Labute approximate surface area is 194 Å². The van der Waals surface area contributed by atoms with Crippen molar-refractivity contribution < 1.29 is 22.7 Å². The number of carbonyl (C=O) groups is 1. The fourth-order valence-corrected chi connectivity index (χ4v) is 3.48. The molecule has 0 spiro atoms. The summed E-state index contributed by atoms with van der Waals surface area (Å²) in [4.78, 5) is 13.0. The number of rotatable bonds is 7. The second kappa shape index (κ2) is 10.2. The van der Waals surface area contributed by atoms with Gasteiger partial charge in [0, 0.05) is 23.4 Å². The van der Waals surface area contributed by atoms with Gasteiger partial charge < -0.3 is 15.8 Å². The lowest BCUT2D eigenvalue weighted by Crippen LogP contribution is -2.13. The molecule has 172 valence electrons. The van der Waals surface area contributed by atoms with Gasteiger partial charge in [-0.25, -0.2) is 13.2 Å². The van der Waals surface area contributed by atoms with Crippen LogP contribution in [0.2, 0.25) is 0 Å². The Morgan fingerprint density at radius 2 is 1.53 bits per heavy atom. The molecule has 4 aromatic rings. The van der Waals surface area contributed by atoms with Crippen molar-refractivity contribution in [3.05, 3.63) is 108 Å². The Balaban J connectivity index is 1.61. The third kappa shape index (κ3) is 5.27. The van der Waals surface area contributed by atoms with Gasteiger partial charge in [0.15, 0.2) is 11.6 Å². The van der Waals surface area contributed by atoms with E-state index in [-0.39, 0.29) is 18.3 Å². The Kier molecular flexibility index (Phi) is 6.94. The first-order chi connectivity index (χ1) is 16.4. The van der Waals surface area contributed by atoms with Gasteiger partial charge in [0.25, 0.3) is 5.91 Å². The summed E-state index contributed by atoms with van der Waals surface area (Å²) in [5, 5.41) is 2.82. The predicted octanol–water partition coefficient (Wildman–Crippen LogP) is 6.03. The van der Waals surface area contributed by atoms with E-state index in [1.165, 1.54) is 18.2 Å². The van der Waals surface area contributed by atoms with E-state index < -0.39 is 11.6 Å². The summed E-state index contributed by atoms with van der Waals surface area (Å²) in [6.07, 6.45) is 0. The van der Waals surface area contributed by atoms with Crippen LogP contribution in [0.1, 0.15) is 10.4 Å². The zero-order valence-corrected chi connectivity index (χ0v) is 18.0. The molecule has 4 nitrogen and oxygen atoms in total. The maximum Gasteiger partial charge on any atom is 0.255 e. The monoisotopic (exact) mass is 462 g/mol. The molecule has 4 aromatic carbocycles. The lowest BCUT2D eigenvalue weighted by molar-refractivity contribution is 0.102. The van der Waals surface area contributed by atoms with E-state index >= 15 is 0 Å². The van der Waals surface area contributed by atoms with E-state index in [1.54, 1.807) is 54.6 Å². The normalized spacial score (nSPS) is 10.7. The fraction of sp³-hybridized carbons (Fsp3) is 0.0741. The van der Waals surface area contributed by atoms with Gasteiger partial charge in [0.1, 0.15) is 18.2 Å². The smallest absolute Gasteiger partial charge is 0.255 e. The largest absolute Gasteiger partial charge is 0.492 e. The second-order valence-corrected chi connectivity index (χ2v) is 7.52. The van der Waals surface area contributed by atoms with E-state index in [0.29, 0.717) is 45.8 Å². The minimum atomic E-state index is -0.947. The van der Waals surface area contributed by atoms with Crippen molar-refractivity contribution in [2.75, 3.05) is 18.5 Å². The van der Waals surface area contributed by atoms with Crippen LogP contribution < -0.4 is 15.8 Å². The highest BCUT2D eigenvalue weighted by atomic mass is 19.2. The first-order valence-corrected chi connectivity index (χ1v) is 10.5. The molecule has 0 saturated heterocycles. The zero-order chi connectivity index (χ0) is 24.1. The molecule has 0 unspecified atom stereocenters. The minimum Gasteiger partial charge on any atom is -0.492 e. The van der Waals surface area contributed by atoms with Gasteiger partial charge in [-0.15, -0.1) is 0 Å². The molecule has 0 aliphatic carbocycles. The van der Waals surface area contributed by atoms with Crippen LogP contribution in [-0.2, 0) is 0 Å². The maximum atomic E-state index is 13.6. The number of anilines is 1. The molecule has 0 aliphatic heterocycles. The van der Waals surface area contributed by atoms with Crippen LogP contribution in [0.15, 0.2) is 84.9 Å². The van der Waals surface area contributed by atoms with Crippen LogP contribution in [0.3, 0.4) is 0 Å². The van der Waals surface area contributed by atoms with E-state index in [0.717, 1.165) is 12.1 Å². The molecule has 0 saturated carbocycles. The van der Waals surface area contributed by atoms with Crippen molar-refractivity contribution in [1.82, 2.24) is 0 Å². The summed E-state index contributed by atoms with van der Waals surface area (Å²) in [7, 11) is 0. The number of nitrogens with two attached hydrogens (primary N) is 1. The number of ether oxygens (including phenoxy) is 1. The number of carbonyl (C=O) groups excluding carboxylic acids is 1. The summed E-state index contributed by atoms with van der Waals surface area (Å²) in [5.74, 6) is -2.10. The zero-order valence-electron chi connectivity index (χ0n) is 18.0. The van der Waals surface area contributed by atoms with Gasteiger partial charge in [-0.1, -0.05) is 30.3 Å². The van der Waals surface area contributed by atoms with Crippen molar-refractivity contribution in [3.63, 3.8) is 0 Å². The van der Waals surface area contributed by atoms with Gasteiger partial charge in [0.05, 0.1) is 0 Å². The molecular formula is C27H21F3N2O2. The Bertz CT molecular complexity index is 1320. The first-order valence-electron chi connectivity index (χ1n) is 10.5. The van der Waals surface area contributed by atoms with Crippen LogP contribution in [0.4, 0.5) is 18.9 Å². The number of amides is 1. The molecule has 7 heteroatoms. The van der Waals surface area contributed by atoms with Gasteiger partial charge >= 0.3 is 0 Å². The predicted molar refractivity (Wildman–Crippen MR) is 126 cm³/mol. The summed E-state index contributed by atoms with van der Waals surface area (Å²) in [6.45, 7) is 0.607. The van der Waals surface area contributed by atoms with Crippen LogP contribution in [0.25, 0.3) is 22.3 Å². The fourth-order valence-electron chi connectivity index (χ4n) is 3.48. The molecule has 0 radical (unpaired) electrons. The molecule has 0 aromatic heterocycles. The number of hydrogen-bond donors (Lipinski definition) is 2. The van der Waals surface area contributed by atoms with Crippen molar-refractivity contribution >= 4 is 11.6 Å². The van der Waals surface area contributed by atoms with Crippen molar-refractivity contribution in [2.24, 2.45) is 5.73 Å². The molecule has 4 rings (SSSR count). The molecular weight excluding hydrogens is 441 g/mol. The molecule has 34 heavy (non-hydrogen) atoms. The van der Waals surface area contributed by atoms with E-state index in [2.05, 4.69) is 5.32 Å². The van der Waals surface area contributed by atoms with Crippen molar-refractivity contribution in [1.29, 1.82) is 0 Å². The molecule has 0 bridgehead atoms. The van der Waals surface area contributed by atoms with Gasteiger partial charge in [0.2, 0.25) is 0 Å². The molecule has 0 heterocycles. The van der Waals surface area contributed by atoms with E-state index in [9.17, 15) is 18.0 Å². The molecule has 0 aliphatic rings. The Morgan fingerprint density at radius 1 is 0.794 bits per heavy atom. The van der Waals surface area contributed by atoms with Gasteiger partial charge in [-0.05, 0) is 71.3 Å². The highest BCUT2D eigenvalue weighted by Gasteiger charge is 2.14. The first kappa shape index (κ1) is 23.1. The minimum absolute atomic E-state index is 0.288. The molecule has 0 fully saturated rings. The van der Waals surface area contributed by atoms with Gasteiger partial charge in [-0.3, -0.25) is 4.79 Å². The van der Waals surface area contributed by atoms with Crippen molar-refractivity contribution in [2.45, 2.75) is 0 Å². The Morgan fingerprint density at radius 3 is 2.26 bits per heavy atom. The maximum absolute atomic E-state index is 13.6. The van der Waals surface area contributed by atoms with Crippen molar-refractivity contribution in [3.8, 4) is 28.0 Å². The average molecular weight is 462 g/mol. The van der Waals surface area contributed by atoms with Crippen LogP contribution >= 0.6 is 0 Å². The topological polar surface area (TPSA) is 64.3 Å². The summed E-state index contributed by atoms with van der Waals surface area (Å²) < 4.78 is 46.0. The van der Waals surface area contributed by atoms with Crippen LogP contribution in [0, 0.1) is 17.5 Å². The lowest BCUT2D eigenvalue weighted by Gasteiger charge is -2.14.